The molecule has 1 saturated heterocycles. The van der Waals surface area contributed by atoms with E-state index in [0.29, 0.717) is 19.3 Å². The smallest absolute Gasteiger partial charge is 0.240 e. The number of rotatable bonds is 7. The topological polar surface area (TPSA) is 97.5 Å². The van der Waals surface area contributed by atoms with Crippen LogP contribution in [0.25, 0.3) is 0 Å². The van der Waals surface area contributed by atoms with Crippen LogP contribution in [-0.4, -0.2) is 42.5 Å². The number of benzene rings is 1. The summed E-state index contributed by atoms with van der Waals surface area (Å²) in [4.78, 5) is 25.8. The van der Waals surface area contributed by atoms with Crippen molar-refractivity contribution in [2.24, 2.45) is 5.73 Å². The largest absolute Gasteiger partial charge is 0.368 e. The van der Waals surface area contributed by atoms with Gasteiger partial charge in [-0.1, -0.05) is 32.4 Å². The first-order valence-corrected chi connectivity index (χ1v) is 10.1. The van der Waals surface area contributed by atoms with Crippen LogP contribution in [0.5, 0.6) is 0 Å². The summed E-state index contributed by atoms with van der Waals surface area (Å²) in [5, 5.41) is 0. The zero-order chi connectivity index (χ0) is 18.8. The minimum Gasteiger partial charge on any atom is -0.368 e. The Hall–Kier alpha value is -1.89. The van der Waals surface area contributed by atoms with Crippen molar-refractivity contribution in [3.63, 3.8) is 0 Å². The van der Waals surface area contributed by atoms with Gasteiger partial charge in [0.2, 0.25) is 11.8 Å². The molecule has 1 aliphatic rings. The van der Waals surface area contributed by atoms with E-state index in [4.69, 9.17) is 5.73 Å². The van der Waals surface area contributed by atoms with Crippen LogP contribution in [0.2, 0.25) is 0 Å². The predicted octanol–water partition coefficient (Wildman–Crippen LogP) is 1.80. The average Bonchev–Trinajstić information content (AvgIpc) is 2.86. The molecule has 7 heteroatoms. The third-order valence-electron chi connectivity index (χ3n) is 4.92. The van der Waals surface area contributed by atoms with Crippen LogP contribution < -0.4 is 5.73 Å². The van der Waals surface area contributed by atoms with Crippen LogP contribution in [-0.2, 0) is 19.4 Å². The first kappa shape index (κ1) is 19.4. The molecule has 2 atom stereocenters. The second-order valence-electron chi connectivity index (χ2n) is 6.78. The van der Waals surface area contributed by atoms with Gasteiger partial charge in [-0.05, 0) is 37.5 Å². The molecule has 1 heterocycles. The second kappa shape index (κ2) is 7.15. The Bertz CT molecular complexity index is 775. The monoisotopic (exact) mass is 366 g/mol. The van der Waals surface area contributed by atoms with Gasteiger partial charge in [0.15, 0.2) is 9.84 Å². The number of primary amides is 1. The Morgan fingerprint density at radius 2 is 2.04 bits per heavy atom. The Labute approximate surface area is 149 Å². The third kappa shape index (κ3) is 3.42. The Balaban J connectivity index is 2.50. The lowest BCUT2D eigenvalue weighted by Crippen LogP contribution is -2.48. The van der Waals surface area contributed by atoms with E-state index in [9.17, 15) is 18.0 Å². The van der Waals surface area contributed by atoms with Crippen LogP contribution in [0.15, 0.2) is 29.2 Å². The Kier molecular flexibility index (Phi) is 5.56. The molecule has 1 fully saturated rings. The number of nitrogens with zero attached hydrogens (tertiary/aromatic N) is 1. The third-order valence-corrected chi connectivity index (χ3v) is 7.41. The molecule has 138 valence electrons. The lowest BCUT2D eigenvalue weighted by Gasteiger charge is -2.30. The van der Waals surface area contributed by atoms with E-state index < -0.39 is 26.5 Å². The first-order chi connectivity index (χ1) is 11.7. The highest BCUT2D eigenvalue weighted by Gasteiger charge is 2.54. The summed E-state index contributed by atoms with van der Waals surface area (Å²) in [5.74, 6) is -0.925. The zero-order valence-corrected chi connectivity index (χ0v) is 15.8. The van der Waals surface area contributed by atoms with Crippen LogP contribution in [0.4, 0.5) is 0 Å². The number of nitrogens with two attached hydrogens (primary N) is 1. The van der Waals surface area contributed by atoms with Crippen molar-refractivity contribution in [1.82, 2.24) is 4.90 Å². The highest BCUT2D eigenvalue weighted by molar-refractivity contribution is 7.93. The van der Waals surface area contributed by atoms with E-state index in [0.717, 1.165) is 5.56 Å². The lowest BCUT2D eigenvalue weighted by molar-refractivity contribution is -0.136. The van der Waals surface area contributed by atoms with Gasteiger partial charge in [-0.15, -0.1) is 0 Å². The summed E-state index contributed by atoms with van der Waals surface area (Å²) in [6.07, 6.45) is 1.24. The summed E-state index contributed by atoms with van der Waals surface area (Å²) in [6, 6.07) is 5.97. The van der Waals surface area contributed by atoms with Gasteiger partial charge in [0.05, 0.1) is 4.90 Å². The van der Waals surface area contributed by atoms with Crippen molar-refractivity contribution >= 4 is 21.7 Å². The maximum absolute atomic E-state index is 13.4. The molecule has 1 aliphatic heterocycles. The van der Waals surface area contributed by atoms with Crippen molar-refractivity contribution in [2.45, 2.75) is 62.1 Å². The van der Waals surface area contributed by atoms with Gasteiger partial charge in [-0.3, -0.25) is 9.59 Å². The fraction of sp³-hybridized carbons (Fsp3) is 0.556. The molecule has 0 bridgehead atoms. The number of aryl methyl sites for hydroxylation is 1. The fourth-order valence-corrected chi connectivity index (χ4v) is 5.85. The number of likely N-dealkylation sites (tertiary alicyclic amines) is 1. The van der Waals surface area contributed by atoms with Gasteiger partial charge < -0.3 is 10.6 Å². The number of hydrogen-bond acceptors (Lipinski definition) is 4. The zero-order valence-electron chi connectivity index (χ0n) is 15.0. The number of sulfone groups is 1. The molecular weight excluding hydrogens is 340 g/mol. The normalized spacial score (nSPS) is 22.2. The highest BCUT2D eigenvalue weighted by Crippen LogP contribution is 2.40. The summed E-state index contributed by atoms with van der Waals surface area (Å²) in [6.45, 7) is 5.50. The van der Waals surface area contributed by atoms with E-state index in [1.165, 1.54) is 4.90 Å². The molecule has 0 aliphatic carbocycles. The van der Waals surface area contributed by atoms with Crippen molar-refractivity contribution in [2.75, 3.05) is 6.54 Å². The molecule has 6 nitrogen and oxygen atoms in total. The predicted molar refractivity (Wildman–Crippen MR) is 95.6 cm³/mol. The van der Waals surface area contributed by atoms with E-state index in [1.807, 2.05) is 19.9 Å². The van der Waals surface area contributed by atoms with Gasteiger partial charge in [-0.25, -0.2) is 8.42 Å². The molecule has 2 N–H and O–H groups in total. The van der Waals surface area contributed by atoms with E-state index >= 15 is 0 Å². The van der Waals surface area contributed by atoms with Crippen LogP contribution in [0, 0.1) is 6.92 Å². The minimum absolute atomic E-state index is 0.0113. The molecule has 0 aromatic heterocycles. The van der Waals surface area contributed by atoms with Crippen molar-refractivity contribution in [1.29, 1.82) is 0 Å². The summed E-state index contributed by atoms with van der Waals surface area (Å²) in [7, 11) is -3.73. The van der Waals surface area contributed by atoms with Crippen LogP contribution in [0.3, 0.4) is 0 Å². The van der Waals surface area contributed by atoms with Crippen molar-refractivity contribution < 1.29 is 18.0 Å². The summed E-state index contributed by atoms with van der Waals surface area (Å²) < 4.78 is 25.5. The van der Waals surface area contributed by atoms with Gasteiger partial charge in [0.1, 0.15) is 10.8 Å². The number of amides is 2. The van der Waals surface area contributed by atoms with Crippen LogP contribution >= 0.6 is 0 Å². The van der Waals surface area contributed by atoms with Gasteiger partial charge in [0.25, 0.3) is 0 Å². The number of hydrogen-bond donors (Lipinski definition) is 1. The summed E-state index contributed by atoms with van der Waals surface area (Å²) in [5.41, 5.74) is 6.25. The quantitative estimate of drug-likeness (QED) is 0.795. The maximum Gasteiger partial charge on any atom is 0.240 e. The van der Waals surface area contributed by atoms with Crippen molar-refractivity contribution in [3.05, 3.63) is 29.8 Å². The number of carbonyl (C=O) groups is 2. The van der Waals surface area contributed by atoms with Crippen LogP contribution in [0.1, 0.15) is 45.1 Å². The number of carbonyl (C=O) groups excluding carboxylic acids is 2. The standard InChI is InChI=1S/C18H26N2O4S/c1-4-9-18(25(23,24)14-8-6-7-13(3)10-14)11-16(21)20(12-18)15(5-2)17(19)22/h6-8,10,15H,4-5,9,11-12H2,1-3H3,(H2,19,22)/t15-,18-/m0/s1. The molecule has 25 heavy (non-hydrogen) atoms. The average molecular weight is 366 g/mol. The molecule has 1 aromatic rings. The minimum atomic E-state index is -3.73. The Morgan fingerprint density at radius 3 is 2.56 bits per heavy atom. The van der Waals surface area contributed by atoms with Gasteiger partial charge in [0, 0.05) is 13.0 Å². The van der Waals surface area contributed by atoms with Gasteiger partial charge >= 0.3 is 0 Å². The van der Waals surface area contributed by atoms with E-state index in [-0.39, 0.29) is 23.8 Å². The molecular formula is C18H26N2O4S. The van der Waals surface area contributed by atoms with E-state index in [2.05, 4.69) is 0 Å². The molecule has 2 rings (SSSR count). The van der Waals surface area contributed by atoms with Gasteiger partial charge in [-0.2, -0.15) is 0 Å². The fourth-order valence-electron chi connectivity index (χ4n) is 3.66. The molecule has 2 amide bonds. The lowest BCUT2D eigenvalue weighted by atomic mass is 10.0. The molecule has 0 spiro atoms. The molecule has 0 radical (unpaired) electrons. The molecule has 1 aromatic carbocycles. The van der Waals surface area contributed by atoms with E-state index in [1.54, 1.807) is 25.1 Å². The van der Waals surface area contributed by atoms with Crippen molar-refractivity contribution in [3.8, 4) is 0 Å². The first-order valence-electron chi connectivity index (χ1n) is 8.58. The molecule has 0 unspecified atom stereocenters. The summed E-state index contributed by atoms with van der Waals surface area (Å²) >= 11 is 0. The maximum atomic E-state index is 13.4. The molecule has 0 saturated carbocycles. The Morgan fingerprint density at radius 1 is 1.36 bits per heavy atom. The SMILES string of the molecule is CCC[C@]1(S(=O)(=O)c2cccc(C)c2)CC(=O)N([C@@H](CC)C(N)=O)C1. The second-order valence-corrected chi connectivity index (χ2v) is 9.12. The highest BCUT2D eigenvalue weighted by atomic mass is 32.2.